The molecule has 144 valence electrons. The smallest absolute Gasteiger partial charge is 0.274 e. The molecule has 0 saturated heterocycles. The van der Waals surface area contributed by atoms with E-state index >= 15 is 0 Å². The number of carbonyl (C=O) groups excluding carboxylic acids is 1. The molecule has 0 unspecified atom stereocenters. The number of carbonyl (C=O) groups is 1. The van der Waals surface area contributed by atoms with Crippen molar-refractivity contribution in [3.63, 3.8) is 0 Å². The molecule has 0 fully saturated rings. The molecule has 0 bridgehead atoms. The quantitative estimate of drug-likeness (QED) is 0.466. The number of rotatable bonds is 7. The highest BCUT2D eigenvalue weighted by atomic mass is 35.5. The van der Waals surface area contributed by atoms with Gasteiger partial charge in [0.25, 0.3) is 5.91 Å². The van der Waals surface area contributed by atoms with Crippen LogP contribution in [0.25, 0.3) is 0 Å². The third-order valence-electron chi connectivity index (χ3n) is 3.98. The molecule has 0 atom stereocenters. The van der Waals surface area contributed by atoms with Crippen LogP contribution >= 0.6 is 11.6 Å². The van der Waals surface area contributed by atoms with E-state index in [9.17, 15) is 4.79 Å². The minimum Gasteiger partial charge on any atom is -0.493 e. The fourth-order valence-corrected chi connectivity index (χ4v) is 2.60. The second kappa shape index (κ2) is 9.10. The van der Waals surface area contributed by atoms with E-state index in [1.807, 2.05) is 30.3 Å². The van der Waals surface area contributed by atoms with Crippen molar-refractivity contribution in [2.75, 3.05) is 7.11 Å². The van der Waals surface area contributed by atoms with E-state index in [4.69, 9.17) is 25.5 Å². The number of furan rings is 1. The second-order valence-corrected chi connectivity index (χ2v) is 6.35. The molecular weight excluding hydrogens is 380 g/mol. The molecule has 0 aliphatic rings. The van der Waals surface area contributed by atoms with Crippen LogP contribution in [0.5, 0.6) is 11.5 Å². The monoisotopic (exact) mass is 398 g/mol. The van der Waals surface area contributed by atoms with E-state index in [0.29, 0.717) is 34.5 Å². The normalized spacial score (nSPS) is 10.8. The first-order valence-electron chi connectivity index (χ1n) is 8.49. The van der Waals surface area contributed by atoms with Crippen molar-refractivity contribution in [1.29, 1.82) is 0 Å². The van der Waals surface area contributed by atoms with Gasteiger partial charge < -0.3 is 13.9 Å². The lowest BCUT2D eigenvalue weighted by Crippen LogP contribution is -2.17. The molecule has 6 nitrogen and oxygen atoms in total. The standard InChI is InChI=1S/C21H19ClN2O4/c1-14-18(9-10-27-14)21(25)24-23-12-16-5-8-19(20(11-16)26-2)28-13-15-3-6-17(22)7-4-15/h3-12H,13H2,1-2H3,(H,24,25)/b23-12+. The molecule has 0 radical (unpaired) electrons. The number of halogens is 1. The lowest BCUT2D eigenvalue weighted by molar-refractivity contribution is 0.0953. The molecule has 0 aliphatic heterocycles. The van der Waals surface area contributed by atoms with Crippen molar-refractivity contribution in [1.82, 2.24) is 5.43 Å². The summed E-state index contributed by atoms with van der Waals surface area (Å²) in [4.78, 5) is 12.0. The van der Waals surface area contributed by atoms with Gasteiger partial charge in [-0.15, -0.1) is 0 Å². The van der Waals surface area contributed by atoms with Crippen LogP contribution in [0.4, 0.5) is 0 Å². The Kier molecular flexibility index (Phi) is 6.34. The minimum atomic E-state index is -0.336. The van der Waals surface area contributed by atoms with Crippen LogP contribution in [0.3, 0.4) is 0 Å². The third kappa shape index (κ3) is 4.92. The summed E-state index contributed by atoms with van der Waals surface area (Å²) >= 11 is 5.89. The van der Waals surface area contributed by atoms with Crippen molar-refractivity contribution in [3.8, 4) is 11.5 Å². The van der Waals surface area contributed by atoms with E-state index < -0.39 is 0 Å². The van der Waals surface area contributed by atoms with Gasteiger partial charge in [-0.3, -0.25) is 4.79 Å². The van der Waals surface area contributed by atoms with E-state index in [0.717, 1.165) is 11.1 Å². The van der Waals surface area contributed by atoms with Gasteiger partial charge in [0.15, 0.2) is 11.5 Å². The molecule has 3 rings (SSSR count). The highest BCUT2D eigenvalue weighted by molar-refractivity contribution is 6.30. The van der Waals surface area contributed by atoms with Gasteiger partial charge in [0.05, 0.1) is 25.2 Å². The van der Waals surface area contributed by atoms with Crippen molar-refractivity contribution in [2.45, 2.75) is 13.5 Å². The van der Waals surface area contributed by atoms with E-state index in [-0.39, 0.29) is 5.91 Å². The highest BCUT2D eigenvalue weighted by Crippen LogP contribution is 2.28. The Morgan fingerprint density at radius 3 is 2.64 bits per heavy atom. The van der Waals surface area contributed by atoms with Gasteiger partial charge in [-0.05, 0) is 54.4 Å². The van der Waals surface area contributed by atoms with Gasteiger partial charge in [0.2, 0.25) is 0 Å². The van der Waals surface area contributed by atoms with Crippen molar-refractivity contribution in [2.24, 2.45) is 5.10 Å². The van der Waals surface area contributed by atoms with Crippen LogP contribution in [0.1, 0.15) is 27.2 Å². The van der Waals surface area contributed by atoms with E-state index in [2.05, 4.69) is 10.5 Å². The zero-order chi connectivity index (χ0) is 19.9. The van der Waals surface area contributed by atoms with Crippen LogP contribution in [-0.2, 0) is 6.61 Å². The molecule has 1 aromatic heterocycles. The first-order chi connectivity index (χ1) is 13.6. The van der Waals surface area contributed by atoms with Gasteiger partial charge in [-0.25, -0.2) is 5.43 Å². The molecule has 0 saturated carbocycles. The molecule has 3 aromatic rings. The van der Waals surface area contributed by atoms with Gasteiger partial charge in [0, 0.05) is 5.02 Å². The van der Waals surface area contributed by atoms with Crippen LogP contribution in [0, 0.1) is 6.92 Å². The number of nitrogens with one attached hydrogen (secondary N) is 1. The maximum Gasteiger partial charge on any atom is 0.274 e. The van der Waals surface area contributed by atoms with Gasteiger partial charge in [0.1, 0.15) is 12.4 Å². The number of methoxy groups -OCH3 is 1. The second-order valence-electron chi connectivity index (χ2n) is 5.92. The molecule has 2 aromatic carbocycles. The van der Waals surface area contributed by atoms with Gasteiger partial charge >= 0.3 is 0 Å². The largest absolute Gasteiger partial charge is 0.493 e. The average molecular weight is 399 g/mol. The van der Waals surface area contributed by atoms with E-state index in [1.54, 1.807) is 32.2 Å². The van der Waals surface area contributed by atoms with Crippen LogP contribution < -0.4 is 14.9 Å². The fraction of sp³-hybridized carbons (Fsp3) is 0.143. The maximum absolute atomic E-state index is 12.0. The third-order valence-corrected chi connectivity index (χ3v) is 4.23. The lowest BCUT2D eigenvalue weighted by atomic mass is 10.2. The first-order valence-corrected chi connectivity index (χ1v) is 8.87. The average Bonchev–Trinajstić information content (AvgIpc) is 3.14. The Bertz CT molecular complexity index is 980. The van der Waals surface area contributed by atoms with Gasteiger partial charge in [-0.1, -0.05) is 23.7 Å². The molecule has 0 aliphatic carbocycles. The molecule has 1 heterocycles. The predicted octanol–water partition coefficient (Wildman–Crippen LogP) is 4.59. The Morgan fingerprint density at radius 1 is 1.18 bits per heavy atom. The van der Waals surface area contributed by atoms with Crippen LogP contribution in [-0.4, -0.2) is 19.2 Å². The molecule has 28 heavy (non-hydrogen) atoms. The lowest BCUT2D eigenvalue weighted by Gasteiger charge is -2.11. The molecule has 1 amide bonds. The number of amides is 1. The number of hydrazone groups is 1. The summed E-state index contributed by atoms with van der Waals surface area (Å²) in [6.07, 6.45) is 2.99. The topological polar surface area (TPSA) is 73.1 Å². The summed E-state index contributed by atoms with van der Waals surface area (Å²) in [6.45, 7) is 2.10. The summed E-state index contributed by atoms with van der Waals surface area (Å²) in [5.41, 5.74) is 4.66. The summed E-state index contributed by atoms with van der Waals surface area (Å²) in [5.74, 6) is 1.37. The number of hydrogen-bond donors (Lipinski definition) is 1. The molecule has 1 N–H and O–H groups in total. The summed E-state index contributed by atoms with van der Waals surface area (Å²) < 4.78 is 16.3. The Labute approximate surface area is 167 Å². The predicted molar refractivity (Wildman–Crippen MR) is 107 cm³/mol. The number of aryl methyl sites for hydroxylation is 1. The summed E-state index contributed by atoms with van der Waals surface area (Å²) in [6, 6.07) is 14.4. The number of hydrogen-bond acceptors (Lipinski definition) is 5. The number of nitrogens with zero attached hydrogens (tertiary/aromatic N) is 1. The maximum atomic E-state index is 12.0. The zero-order valence-corrected chi connectivity index (χ0v) is 16.2. The van der Waals surface area contributed by atoms with Gasteiger partial charge in [-0.2, -0.15) is 5.10 Å². The van der Waals surface area contributed by atoms with Crippen LogP contribution in [0.15, 0.2) is 64.3 Å². The number of ether oxygens (including phenoxy) is 2. The molecular formula is C21H19ClN2O4. The van der Waals surface area contributed by atoms with E-state index in [1.165, 1.54) is 12.5 Å². The minimum absolute atomic E-state index is 0.336. The fourth-order valence-electron chi connectivity index (χ4n) is 2.47. The Morgan fingerprint density at radius 2 is 1.96 bits per heavy atom. The van der Waals surface area contributed by atoms with Crippen LogP contribution in [0.2, 0.25) is 5.02 Å². The SMILES string of the molecule is COc1cc(/C=N/NC(=O)c2ccoc2C)ccc1OCc1ccc(Cl)cc1. The Hall–Kier alpha value is -3.25. The summed E-state index contributed by atoms with van der Waals surface area (Å²) in [5, 5.41) is 4.65. The first kappa shape index (κ1) is 19.5. The van der Waals surface area contributed by atoms with Crippen molar-refractivity contribution < 1.29 is 18.7 Å². The summed E-state index contributed by atoms with van der Waals surface area (Å²) in [7, 11) is 1.56. The zero-order valence-electron chi connectivity index (χ0n) is 15.4. The van der Waals surface area contributed by atoms with Crippen molar-refractivity contribution in [3.05, 3.63) is 82.3 Å². The van der Waals surface area contributed by atoms with Crippen molar-refractivity contribution >= 4 is 23.7 Å². The molecule has 7 heteroatoms. The molecule has 0 spiro atoms. The highest BCUT2D eigenvalue weighted by Gasteiger charge is 2.10. The number of benzene rings is 2. The Balaban J connectivity index is 1.62.